The SMILES string of the molecule is C#CCOCCOCCOCCOCCC(=O)N[C@@H](CCOC(=O)NCCO[C@@H]([C@@H]1OC(C(=O)O)=C[C@H](N=C(N)N)[C@H]1NC(C)=O)[C@H](O)CO)COC(=O)NCCO[C@H]([C@H](O)CO)[C@H]1C[C@@H](N=C(N)N)C=C(C(=O)O)O1. The molecule has 2 aliphatic rings. The molecule has 0 aromatic heterocycles. The lowest BCUT2D eigenvalue weighted by molar-refractivity contribution is -0.153. The van der Waals surface area contributed by atoms with Gasteiger partial charge >= 0.3 is 24.1 Å². The number of alkyl carbamates (subject to hydrolysis) is 2. The molecule has 0 radical (unpaired) electrons. The maximum absolute atomic E-state index is 12.9. The monoisotopic (exact) mass is 1090 g/mol. The summed E-state index contributed by atoms with van der Waals surface area (Å²) in [5.41, 5.74) is 22.0. The number of aliphatic hydroxyl groups excluding tert-OH is 4. The first-order valence-corrected chi connectivity index (χ1v) is 23.6. The Morgan fingerprint density at radius 1 is 0.737 bits per heavy atom. The lowest BCUT2D eigenvalue weighted by atomic mass is 9.92. The molecule has 0 saturated carbocycles. The fourth-order valence-electron chi connectivity index (χ4n) is 6.95. The highest BCUT2D eigenvalue weighted by atomic mass is 16.6. The first-order valence-electron chi connectivity index (χ1n) is 23.6. The number of carbonyl (C=O) groups excluding carboxylic acids is 4. The predicted molar refractivity (Wildman–Crippen MR) is 260 cm³/mol. The van der Waals surface area contributed by atoms with Crippen molar-refractivity contribution in [3.8, 4) is 12.3 Å². The van der Waals surface area contributed by atoms with E-state index in [-0.39, 0.29) is 91.2 Å². The van der Waals surface area contributed by atoms with Crippen molar-refractivity contribution in [3.05, 3.63) is 23.7 Å². The molecule has 0 aromatic rings. The van der Waals surface area contributed by atoms with Gasteiger partial charge in [0, 0.05) is 39.3 Å². The third-order valence-corrected chi connectivity index (χ3v) is 10.2. The Morgan fingerprint density at radius 3 is 1.83 bits per heavy atom. The molecule has 32 nitrogen and oxygen atoms in total. The van der Waals surface area contributed by atoms with Gasteiger partial charge < -0.3 is 122 Å². The van der Waals surface area contributed by atoms with Crippen molar-refractivity contribution in [1.82, 2.24) is 21.3 Å². The van der Waals surface area contributed by atoms with Gasteiger partial charge in [0.1, 0.15) is 43.7 Å². The van der Waals surface area contributed by atoms with Crippen LogP contribution in [0.25, 0.3) is 0 Å². The molecule has 32 heteroatoms. The van der Waals surface area contributed by atoms with E-state index in [4.69, 9.17) is 76.7 Å². The van der Waals surface area contributed by atoms with Crippen LogP contribution in [-0.2, 0) is 66.5 Å². The average Bonchev–Trinajstić information content (AvgIpc) is 3.36. The van der Waals surface area contributed by atoms with Gasteiger partial charge in [-0.05, 0) is 12.2 Å². The van der Waals surface area contributed by atoms with Gasteiger partial charge in [0.2, 0.25) is 23.3 Å². The van der Waals surface area contributed by atoms with E-state index < -0.39 is 134 Å². The molecule has 0 unspecified atom stereocenters. The predicted octanol–water partition coefficient (Wildman–Crippen LogP) is -6.21. The van der Waals surface area contributed by atoms with E-state index in [1.807, 2.05) is 0 Å². The molecule has 0 spiro atoms. The second-order valence-corrected chi connectivity index (χ2v) is 16.2. The summed E-state index contributed by atoms with van der Waals surface area (Å²) in [6.07, 6.45) is -3.67. The van der Waals surface area contributed by atoms with Gasteiger partial charge in [-0.15, -0.1) is 6.42 Å². The number of rotatable bonds is 38. The zero-order valence-electron chi connectivity index (χ0n) is 41.9. The molecule has 0 bridgehead atoms. The van der Waals surface area contributed by atoms with Crippen molar-refractivity contribution in [2.45, 2.75) is 87.0 Å². The maximum Gasteiger partial charge on any atom is 0.407 e. The van der Waals surface area contributed by atoms with E-state index in [1.54, 1.807) is 0 Å². The van der Waals surface area contributed by atoms with E-state index in [0.29, 0.717) is 19.8 Å². The molecule has 76 heavy (non-hydrogen) atoms. The van der Waals surface area contributed by atoms with Crippen LogP contribution in [0.2, 0.25) is 0 Å². The summed E-state index contributed by atoms with van der Waals surface area (Å²) in [5, 5.41) is 69.9. The summed E-state index contributed by atoms with van der Waals surface area (Å²) < 4.78 is 54.4. The van der Waals surface area contributed by atoms with E-state index in [2.05, 4.69) is 37.2 Å². The summed E-state index contributed by atoms with van der Waals surface area (Å²) in [7, 11) is 0. The number of nitrogens with two attached hydrogens (primary N) is 4. The summed E-state index contributed by atoms with van der Waals surface area (Å²) in [4.78, 5) is 82.1. The Labute approximate surface area is 436 Å². The molecule has 4 amide bonds. The van der Waals surface area contributed by atoms with Gasteiger partial charge in [0.05, 0.1) is 103 Å². The van der Waals surface area contributed by atoms with Crippen LogP contribution in [-0.4, -0.2) is 245 Å². The summed E-state index contributed by atoms with van der Waals surface area (Å²) in [6, 6.07) is -4.21. The quantitative estimate of drug-likeness (QED) is 0.0118. The van der Waals surface area contributed by atoms with Gasteiger partial charge in [-0.2, -0.15) is 0 Å². The molecule has 0 fully saturated rings. The van der Waals surface area contributed by atoms with Crippen molar-refractivity contribution in [3.63, 3.8) is 0 Å². The third-order valence-electron chi connectivity index (χ3n) is 10.2. The molecule has 2 aliphatic heterocycles. The first-order chi connectivity index (χ1) is 36.3. The number of carboxylic acid groups (broad SMARTS) is 2. The number of aliphatic carboxylic acids is 2. The molecule has 18 N–H and O–H groups in total. The molecule has 2 rings (SSSR count). The van der Waals surface area contributed by atoms with E-state index in [9.17, 15) is 59.4 Å². The van der Waals surface area contributed by atoms with Gasteiger partial charge in [0.15, 0.2) is 18.0 Å². The van der Waals surface area contributed by atoms with Gasteiger partial charge in [-0.3, -0.25) is 9.59 Å². The van der Waals surface area contributed by atoms with Crippen molar-refractivity contribution in [2.24, 2.45) is 32.9 Å². The molecule has 430 valence electrons. The van der Waals surface area contributed by atoms with Crippen LogP contribution in [0.5, 0.6) is 0 Å². The van der Waals surface area contributed by atoms with Crippen molar-refractivity contribution >= 4 is 47.9 Å². The minimum atomic E-state index is -1.71. The number of hydrogen-bond acceptors (Lipinski definition) is 22. The number of guanidine groups is 2. The Bertz CT molecular complexity index is 1980. The largest absolute Gasteiger partial charge is 0.480 e. The minimum absolute atomic E-state index is 0.0147. The number of nitrogens with zero attached hydrogens (tertiary/aromatic N) is 2. The number of aliphatic imine (C=N–C) groups is 2. The van der Waals surface area contributed by atoms with Crippen LogP contribution >= 0.6 is 0 Å². The number of nitrogens with one attached hydrogen (secondary N) is 4. The van der Waals surface area contributed by atoms with E-state index in [1.165, 1.54) is 6.08 Å². The van der Waals surface area contributed by atoms with E-state index >= 15 is 0 Å². The third kappa shape index (κ3) is 26.6. The molecule has 0 aromatic carbocycles. The van der Waals surface area contributed by atoms with Gasteiger partial charge in [0.25, 0.3) is 0 Å². The Balaban J connectivity index is 2.00. The van der Waals surface area contributed by atoms with Crippen molar-refractivity contribution in [2.75, 3.05) is 106 Å². The van der Waals surface area contributed by atoms with Crippen LogP contribution in [0.15, 0.2) is 33.7 Å². The topological polar surface area (TPSA) is 493 Å². The number of carbonyl (C=O) groups is 6. The Kier molecular flexibility index (Phi) is 31.8. The maximum atomic E-state index is 12.9. The summed E-state index contributed by atoms with van der Waals surface area (Å²) >= 11 is 0. The van der Waals surface area contributed by atoms with Crippen molar-refractivity contribution in [1.29, 1.82) is 0 Å². The lowest BCUT2D eigenvalue weighted by Crippen LogP contribution is -2.60. The smallest absolute Gasteiger partial charge is 0.407 e. The molecule has 10 atom stereocenters. The molecule has 2 heterocycles. The van der Waals surface area contributed by atoms with Crippen LogP contribution < -0.4 is 44.2 Å². The second-order valence-electron chi connectivity index (χ2n) is 16.2. The number of aliphatic hydroxyl groups is 4. The highest BCUT2D eigenvalue weighted by Crippen LogP contribution is 2.27. The summed E-state index contributed by atoms with van der Waals surface area (Å²) in [5.74, 6) is -3.73. The van der Waals surface area contributed by atoms with Crippen LogP contribution in [0, 0.1) is 12.3 Å². The second kappa shape index (κ2) is 37.0. The molecule has 0 saturated heterocycles. The van der Waals surface area contributed by atoms with Gasteiger partial charge in [-0.1, -0.05) is 5.92 Å². The standard InChI is InChI=1S/C44H72N10O22/c1-3-8-67-13-15-69-17-18-70-16-14-68-9-5-34(60)52-26(24-74-44(66)50-6-11-71-36(29(58)22-55)31-19-27(53-41(45)46)20-32(75-31)39(61)62)4-10-73-43(65)49-7-12-72-37(30(59)23-56)38-35(51-25(2)57)28(54-42(47)48)21-33(76-38)40(63)64/h1,20-21,26-31,35-38,55-56,58-59H,4-19,22-24H2,2H3,(H,49,65)(H,50,66)(H,51,57)(H,52,60)(H,61,62)(H,63,64)(H4,45,46,53)(H4,47,48,54)/t26-,27+,28-,29+,30+,31+,35+,36+,37+,38+/m0/s1. The zero-order valence-corrected chi connectivity index (χ0v) is 41.9. The number of amides is 4. The highest BCUT2D eigenvalue weighted by Gasteiger charge is 2.45. The Morgan fingerprint density at radius 2 is 1.28 bits per heavy atom. The molecular weight excluding hydrogens is 1020 g/mol. The minimum Gasteiger partial charge on any atom is -0.480 e. The Hall–Kier alpha value is -6.80. The van der Waals surface area contributed by atoms with Crippen LogP contribution in [0.4, 0.5) is 9.59 Å². The average molecular weight is 1090 g/mol. The number of terminal acetylenes is 1. The summed E-state index contributed by atoms with van der Waals surface area (Å²) in [6.45, 7) is -0.702. The van der Waals surface area contributed by atoms with E-state index in [0.717, 1.165) is 13.0 Å². The van der Waals surface area contributed by atoms with Crippen molar-refractivity contribution < 1.29 is 107 Å². The van der Waals surface area contributed by atoms with Crippen LogP contribution in [0.3, 0.4) is 0 Å². The fraction of sp³-hybridized carbons (Fsp3) is 0.682. The molecular formula is C44H72N10O22. The number of ether oxygens (including phenoxy) is 10. The number of hydrogen-bond donors (Lipinski definition) is 14. The van der Waals surface area contributed by atoms with Gasteiger partial charge in [-0.25, -0.2) is 29.2 Å². The fourth-order valence-corrected chi connectivity index (χ4v) is 6.95. The number of carboxylic acids is 2. The zero-order chi connectivity index (χ0) is 56.4. The first kappa shape index (κ1) is 65.3. The lowest BCUT2D eigenvalue weighted by Gasteiger charge is -2.40. The molecule has 0 aliphatic carbocycles. The normalized spacial score (nSPS) is 19.9. The highest BCUT2D eigenvalue weighted by molar-refractivity contribution is 5.86. The van der Waals surface area contributed by atoms with Crippen LogP contribution in [0.1, 0.15) is 26.2 Å².